The van der Waals surface area contributed by atoms with E-state index in [1.807, 2.05) is 48.5 Å². The fourth-order valence-corrected chi connectivity index (χ4v) is 2.71. The molecule has 5 nitrogen and oxygen atoms in total. The van der Waals surface area contributed by atoms with Gasteiger partial charge in [-0.1, -0.05) is 24.3 Å². The number of hydrogen-bond donors (Lipinski definition) is 2. The van der Waals surface area contributed by atoms with E-state index >= 15 is 0 Å². The van der Waals surface area contributed by atoms with Crippen LogP contribution in [-0.2, 0) is 11.3 Å². The fourth-order valence-electron chi connectivity index (χ4n) is 2.71. The van der Waals surface area contributed by atoms with Crippen LogP contribution in [0.15, 0.2) is 48.5 Å². The van der Waals surface area contributed by atoms with Crippen LogP contribution < -0.4 is 20.1 Å². The van der Waals surface area contributed by atoms with Crippen molar-refractivity contribution in [3.63, 3.8) is 0 Å². The van der Waals surface area contributed by atoms with Crippen LogP contribution in [0.4, 0.5) is 4.39 Å². The number of rotatable bonds is 6. The van der Waals surface area contributed by atoms with Gasteiger partial charge in [-0.25, -0.2) is 4.39 Å². The van der Waals surface area contributed by atoms with Crippen LogP contribution in [0.5, 0.6) is 17.2 Å². The molecule has 1 aliphatic heterocycles. The predicted molar refractivity (Wildman–Crippen MR) is 99.9 cm³/mol. The molecule has 1 saturated heterocycles. The Labute approximate surface area is 158 Å². The highest BCUT2D eigenvalue weighted by molar-refractivity contribution is 5.85. The smallest absolute Gasteiger partial charge is 0.237 e. The average Bonchev–Trinajstić information content (AvgIpc) is 3.08. The topological polar surface area (TPSA) is 59.6 Å². The third kappa shape index (κ3) is 5.09. The molecule has 2 aromatic rings. The van der Waals surface area contributed by atoms with Gasteiger partial charge in [0.1, 0.15) is 11.9 Å². The number of carbonyl (C=O) groups is 1. The second kappa shape index (κ2) is 9.40. The summed E-state index contributed by atoms with van der Waals surface area (Å²) in [5.74, 6) is 1.81. The van der Waals surface area contributed by atoms with Crippen LogP contribution in [-0.4, -0.2) is 31.8 Å². The molecule has 7 heteroatoms. The number of hydrogen-bond acceptors (Lipinski definition) is 4. The van der Waals surface area contributed by atoms with Gasteiger partial charge in [0.15, 0.2) is 11.5 Å². The molecule has 0 aliphatic carbocycles. The van der Waals surface area contributed by atoms with E-state index in [0.29, 0.717) is 23.8 Å². The Balaban J connectivity index is 0.00000243. The molecule has 26 heavy (non-hydrogen) atoms. The molecule has 1 heterocycles. The largest absolute Gasteiger partial charge is 0.493 e. The van der Waals surface area contributed by atoms with E-state index in [0.717, 1.165) is 5.56 Å². The monoisotopic (exact) mass is 380 g/mol. The molecule has 1 amide bonds. The van der Waals surface area contributed by atoms with Crippen molar-refractivity contribution in [2.45, 2.75) is 25.2 Å². The van der Waals surface area contributed by atoms with Gasteiger partial charge in [0.05, 0.1) is 13.2 Å². The first-order chi connectivity index (χ1) is 12.2. The van der Waals surface area contributed by atoms with Gasteiger partial charge in [0.25, 0.3) is 0 Å². The zero-order valence-corrected chi connectivity index (χ0v) is 15.2. The summed E-state index contributed by atoms with van der Waals surface area (Å²) in [4.78, 5) is 12.0. The molecule has 0 saturated carbocycles. The normalized spacial score (nSPS) is 18.7. The van der Waals surface area contributed by atoms with Crippen molar-refractivity contribution in [1.29, 1.82) is 0 Å². The van der Waals surface area contributed by atoms with Gasteiger partial charge in [0, 0.05) is 19.5 Å². The second-order valence-corrected chi connectivity index (χ2v) is 5.91. The predicted octanol–water partition coefficient (Wildman–Crippen LogP) is 3.23. The Kier molecular flexibility index (Phi) is 7.24. The number of alkyl halides is 1. The van der Waals surface area contributed by atoms with E-state index in [1.165, 1.54) is 0 Å². The number of amides is 1. The Morgan fingerprint density at radius 1 is 1.19 bits per heavy atom. The first-order valence-electron chi connectivity index (χ1n) is 8.20. The lowest BCUT2D eigenvalue weighted by atomic mass is 10.2. The van der Waals surface area contributed by atoms with Gasteiger partial charge < -0.3 is 20.1 Å². The lowest BCUT2D eigenvalue weighted by Crippen LogP contribution is -2.39. The summed E-state index contributed by atoms with van der Waals surface area (Å²) in [6.45, 7) is 0.635. The quantitative estimate of drug-likeness (QED) is 0.807. The van der Waals surface area contributed by atoms with Crippen molar-refractivity contribution in [2.24, 2.45) is 0 Å². The van der Waals surface area contributed by atoms with E-state index in [-0.39, 0.29) is 31.3 Å². The van der Waals surface area contributed by atoms with E-state index in [9.17, 15) is 9.18 Å². The molecule has 0 aromatic heterocycles. The van der Waals surface area contributed by atoms with Crippen LogP contribution >= 0.6 is 12.4 Å². The maximum atomic E-state index is 13.1. The molecule has 3 rings (SSSR count). The molecular formula is C19H22ClFN2O3. The van der Waals surface area contributed by atoms with Crippen molar-refractivity contribution < 1.29 is 18.7 Å². The highest BCUT2D eigenvalue weighted by Gasteiger charge is 2.28. The highest BCUT2D eigenvalue weighted by Crippen LogP contribution is 2.30. The summed E-state index contributed by atoms with van der Waals surface area (Å²) in [5, 5.41) is 5.69. The van der Waals surface area contributed by atoms with Crippen molar-refractivity contribution in [3.05, 3.63) is 54.1 Å². The highest BCUT2D eigenvalue weighted by atomic mass is 35.5. The Morgan fingerprint density at radius 2 is 1.88 bits per heavy atom. The van der Waals surface area contributed by atoms with Crippen molar-refractivity contribution in [1.82, 2.24) is 10.6 Å². The first-order valence-corrected chi connectivity index (χ1v) is 8.20. The molecule has 0 unspecified atom stereocenters. The molecule has 2 aromatic carbocycles. The summed E-state index contributed by atoms with van der Waals surface area (Å²) in [7, 11) is 1.60. The standard InChI is InChI=1S/C19H21FN2O3.ClH/c1-24-17-4-2-3-5-18(17)25-15-8-6-13(7-9-15)11-22-19(23)16-10-14(20)12-21-16;/h2-9,14,16,21H,10-12H2,1H3,(H,22,23);1H/t14-,16+;/m0./s1. The minimum atomic E-state index is -0.942. The number of methoxy groups -OCH3 is 1. The molecule has 0 radical (unpaired) electrons. The van der Waals surface area contributed by atoms with Crippen molar-refractivity contribution in [2.75, 3.05) is 13.7 Å². The van der Waals surface area contributed by atoms with Crippen molar-refractivity contribution in [3.8, 4) is 17.2 Å². The Morgan fingerprint density at radius 3 is 2.50 bits per heavy atom. The van der Waals surface area contributed by atoms with Gasteiger partial charge in [-0.2, -0.15) is 0 Å². The Bertz CT molecular complexity index is 727. The van der Waals surface area contributed by atoms with Crippen LogP contribution in [0.1, 0.15) is 12.0 Å². The average molecular weight is 381 g/mol. The minimum Gasteiger partial charge on any atom is -0.493 e. The number of carbonyl (C=O) groups excluding carboxylic acids is 1. The third-order valence-electron chi connectivity index (χ3n) is 4.08. The maximum Gasteiger partial charge on any atom is 0.237 e. The van der Waals surface area contributed by atoms with Gasteiger partial charge in [-0.15, -0.1) is 12.4 Å². The van der Waals surface area contributed by atoms with Crippen LogP contribution in [0.3, 0.4) is 0 Å². The van der Waals surface area contributed by atoms with Gasteiger partial charge >= 0.3 is 0 Å². The Hall–Kier alpha value is -2.31. The SMILES string of the molecule is COc1ccccc1Oc1ccc(CNC(=O)[C@H]2C[C@H](F)CN2)cc1.Cl. The van der Waals surface area contributed by atoms with Crippen molar-refractivity contribution >= 4 is 18.3 Å². The number of para-hydroxylation sites is 2. The summed E-state index contributed by atoms with van der Waals surface area (Å²) < 4.78 is 24.2. The molecule has 0 spiro atoms. The summed E-state index contributed by atoms with van der Waals surface area (Å²) in [6, 6.07) is 14.4. The third-order valence-corrected chi connectivity index (χ3v) is 4.08. The minimum absolute atomic E-state index is 0. The van der Waals surface area contributed by atoms with E-state index in [4.69, 9.17) is 9.47 Å². The van der Waals surface area contributed by atoms with Gasteiger partial charge in [-0.05, 0) is 29.8 Å². The number of ether oxygens (including phenoxy) is 2. The molecule has 2 atom stereocenters. The van der Waals surface area contributed by atoms with E-state index in [1.54, 1.807) is 7.11 Å². The summed E-state index contributed by atoms with van der Waals surface area (Å²) in [5.41, 5.74) is 0.940. The lowest BCUT2D eigenvalue weighted by molar-refractivity contribution is -0.123. The first kappa shape index (κ1) is 20.0. The number of nitrogens with one attached hydrogen (secondary N) is 2. The van der Waals surface area contributed by atoms with Crippen LogP contribution in [0.25, 0.3) is 0 Å². The molecular weight excluding hydrogens is 359 g/mol. The summed E-state index contributed by atoms with van der Waals surface area (Å²) in [6.07, 6.45) is -0.709. The molecule has 140 valence electrons. The van der Waals surface area contributed by atoms with Gasteiger partial charge in [0.2, 0.25) is 5.91 Å². The zero-order chi connectivity index (χ0) is 17.6. The molecule has 1 aliphatic rings. The summed E-state index contributed by atoms with van der Waals surface area (Å²) >= 11 is 0. The zero-order valence-electron chi connectivity index (χ0n) is 14.4. The van der Waals surface area contributed by atoms with Crippen LogP contribution in [0.2, 0.25) is 0 Å². The molecule has 1 fully saturated rings. The molecule has 2 N–H and O–H groups in total. The molecule has 0 bridgehead atoms. The van der Waals surface area contributed by atoms with E-state index < -0.39 is 12.2 Å². The van der Waals surface area contributed by atoms with E-state index in [2.05, 4.69) is 10.6 Å². The number of halogens is 2. The lowest BCUT2D eigenvalue weighted by Gasteiger charge is -2.12. The number of benzene rings is 2. The second-order valence-electron chi connectivity index (χ2n) is 5.91. The van der Waals surface area contributed by atoms with Crippen LogP contribution in [0, 0.1) is 0 Å². The fraction of sp³-hybridized carbons (Fsp3) is 0.316. The van der Waals surface area contributed by atoms with Gasteiger partial charge in [-0.3, -0.25) is 4.79 Å². The maximum absolute atomic E-state index is 13.1.